The molecule has 0 saturated carbocycles. The molecule has 0 aliphatic carbocycles. The molecule has 0 bridgehead atoms. The number of benzene rings is 1. The Morgan fingerprint density at radius 1 is 1.50 bits per heavy atom. The van der Waals surface area contributed by atoms with Crippen LogP contribution in [0.25, 0.3) is 10.2 Å². The first-order valence-electron chi connectivity index (χ1n) is 4.87. The Kier molecular flexibility index (Phi) is 4.26. The average Bonchev–Trinajstić information content (AvgIpc) is 2.65. The van der Waals surface area contributed by atoms with Gasteiger partial charge in [0, 0.05) is 6.07 Å². The minimum absolute atomic E-state index is 0.0946. The van der Waals surface area contributed by atoms with Gasteiger partial charge in [-0.3, -0.25) is 0 Å². The van der Waals surface area contributed by atoms with Gasteiger partial charge in [-0.25, -0.2) is 9.78 Å². The van der Waals surface area contributed by atoms with Gasteiger partial charge >= 0.3 is 6.09 Å². The summed E-state index contributed by atoms with van der Waals surface area (Å²) in [5.74, 6) is 0.594. The van der Waals surface area contributed by atoms with Gasteiger partial charge in [0.25, 0.3) is 0 Å². The fourth-order valence-electron chi connectivity index (χ4n) is 1.32. The maximum atomic E-state index is 10.4. The molecule has 1 amide bonds. The molecular weight excluding hydrogens is 344 g/mol. The number of fused-ring (bicyclic) bond motifs is 1. The molecule has 0 fully saturated rings. The molecule has 96 valence electrons. The van der Waals surface area contributed by atoms with Gasteiger partial charge in [-0.2, -0.15) is 0 Å². The molecule has 0 atom stereocenters. The number of hydrogen-bond acceptors (Lipinski definition) is 5. The zero-order valence-corrected chi connectivity index (χ0v) is 12.1. The fourth-order valence-corrected chi connectivity index (χ4v) is 3.08. The molecule has 0 spiro atoms. The number of ether oxygens (including phenoxy) is 2. The van der Waals surface area contributed by atoms with Crippen molar-refractivity contribution in [1.82, 2.24) is 4.98 Å². The van der Waals surface area contributed by atoms with Crippen LogP contribution in [0.5, 0.6) is 5.75 Å². The smallest absolute Gasteiger partial charge is 0.404 e. The molecule has 8 heteroatoms. The van der Waals surface area contributed by atoms with Crippen molar-refractivity contribution >= 4 is 55.2 Å². The molecule has 0 saturated heterocycles. The van der Waals surface area contributed by atoms with Crippen molar-refractivity contribution in [1.29, 1.82) is 0 Å². The van der Waals surface area contributed by atoms with Crippen LogP contribution in [0.1, 0.15) is 0 Å². The van der Waals surface area contributed by atoms with Gasteiger partial charge in [0.1, 0.15) is 24.5 Å². The average molecular weight is 352 g/mol. The summed E-state index contributed by atoms with van der Waals surface area (Å²) in [5, 5.41) is 0.514. The first-order chi connectivity index (χ1) is 8.56. The van der Waals surface area contributed by atoms with Crippen molar-refractivity contribution in [3.63, 3.8) is 0 Å². The van der Waals surface area contributed by atoms with Crippen molar-refractivity contribution in [3.05, 3.63) is 21.1 Å². The zero-order chi connectivity index (χ0) is 13.1. The lowest BCUT2D eigenvalue weighted by Gasteiger charge is -2.06. The lowest BCUT2D eigenvalue weighted by Crippen LogP contribution is -2.17. The van der Waals surface area contributed by atoms with Crippen LogP contribution in [-0.2, 0) is 4.74 Å². The summed E-state index contributed by atoms with van der Waals surface area (Å²) in [7, 11) is 0. The van der Waals surface area contributed by atoms with E-state index < -0.39 is 6.09 Å². The lowest BCUT2D eigenvalue weighted by atomic mass is 10.3. The molecule has 0 aliphatic heterocycles. The highest BCUT2D eigenvalue weighted by Crippen LogP contribution is 2.34. The van der Waals surface area contributed by atoms with Crippen molar-refractivity contribution in [2.75, 3.05) is 13.2 Å². The maximum absolute atomic E-state index is 10.4. The van der Waals surface area contributed by atoms with Crippen LogP contribution in [0.15, 0.2) is 16.0 Å². The Hall–Kier alpha value is -1.05. The van der Waals surface area contributed by atoms with Crippen LogP contribution in [0, 0.1) is 0 Å². The van der Waals surface area contributed by atoms with Gasteiger partial charge in [-0.1, -0.05) is 11.6 Å². The number of nitrogens with two attached hydrogens (primary N) is 1. The lowest BCUT2D eigenvalue weighted by molar-refractivity contribution is 0.134. The number of amides is 1. The van der Waals surface area contributed by atoms with E-state index in [1.54, 1.807) is 6.07 Å². The number of hydrogen-bond donors (Lipinski definition) is 1. The van der Waals surface area contributed by atoms with E-state index in [2.05, 4.69) is 25.7 Å². The normalized spacial score (nSPS) is 10.6. The predicted octanol–water partition coefficient (Wildman–Crippen LogP) is 3.19. The fraction of sp³-hybridized carbons (Fsp3) is 0.200. The van der Waals surface area contributed by atoms with Crippen LogP contribution >= 0.6 is 38.9 Å². The molecule has 1 heterocycles. The molecule has 2 rings (SSSR count). The minimum Gasteiger partial charge on any atom is -0.490 e. The van der Waals surface area contributed by atoms with Crippen molar-refractivity contribution in [2.45, 2.75) is 0 Å². The predicted molar refractivity (Wildman–Crippen MR) is 73.4 cm³/mol. The standard InChI is InChI=1S/C10H8BrClN2O3S/c11-9-14-8-6(12)3-5(4-7(8)18-9)16-1-2-17-10(13)15/h3-4H,1-2H2,(H2,13,15). The monoisotopic (exact) mass is 350 g/mol. The molecular formula is C10H8BrClN2O3S. The summed E-state index contributed by atoms with van der Waals surface area (Å²) >= 11 is 10.8. The largest absolute Gasteiger partial charge is 0.490 e. The summed E-state index contributed by atoms with van der Waals surface area (Å²) in [6.45, 7) is 0.308. The SMILES string of the molecule is NC(=O)OCCOc1cc(Cl)c2nc(Br)sc2c1. The van der Waals surface area contributed by atoms with Gasteiger partial charge in [-0.15, -0.1) is 11.3 Å². The van der Waals surface area contributed by atoms with Crippen molar-refractivity contribution in [2.24, 2.45) is 5.73 Å². The van der Waals surface area contributed by atoms with Gasteiger partial charge in [0.05, 0.1) is 9.72 Å². The summed E-state index contributed by atoms with van der Waals surface area (Å²) in [6.07, 6.45) is -0.821. The third kappa shape index (κ3) is 3.24. The Morgan fingerprint density at radius 3 is 3.00 bits per heavy atom. The Labute approximate surface area is 120 Å². The van der Waals surface area contributed by atoms with Crippen LogP contribution < -0.4 is 10.5 Å². The molecule has 5 nitrogen and oxygen atoms in total. The van der Waals surface area contributed by atoms with E-state index >= 15 is 0 Å². The van der Waals surface area contributed by atoms with Crippen molar-refractivity contribution < 1.29 is 14.3 Å². The van der Waals surface area contributed by atoms with Gasteiger partial charge in [-0.05, 0) is 22.0 Å². The second kappa shape index (κ2) is 5.73. The second-order valence-corrected chi connectivity index (χ2v) is 5.95. The zero-order valence-electron chi connectivity index (χ0n) is 8.98. The topological polar surface area (TPSA) is 74.4 Å². The molecule has 1 aromatic heterocycles. The van der Waals surface area contributed by atoms with E-state index in [1.165, 1.54) is 11.3 Å². The molecule has 0 aliphatic rings. The van der Waals surface area contributed by atoms with E-state index in [0.29, 0.717) is 10.8 Å². The number of nitrogens with zero attached hydrogens (tertiary/aromatic N) is 1. The number of aromatic nitrogens is 1. The molecule has 2 N–H and O–H groups in total. The second-order valence-electron chi connectivity index (χ2n) is 3.23. The number of rotatable bonds is 4. The maximum Gasteiger partial charge on any atom is 0.404 e. The first-order valence-corrected chi connectivity index (χ1v) is 6.85. The van der Waals surface area contributed by atoms with Crippen LogP contribution in [0.2, 0.25) is 5.02 Å². The van der Waals surface area contributed by atoms with E-state index in [4.69, 9.17) is 22.1 Å². The Morgan fingerprint density at radius 2 is 2.28 bits per heavy atom. The number of carbonyl (C=O) groups is 1. The highest BCUT2D eigenvalue weighted by molar-refractivity contribution is 9.11. The van der Waals surface area contributed by atoms with Crippen LogP contribution in [0.4, 0.5) is 4.79 Å². The minimum atomic E-state index is -0.821. The molecule has 2 aromatic rings. The summed E-state index contributed by atoms with van der Waals surface area (Å²) in [4.78, 5) is 14.6. The van der Waals surface area contributed by atoms with E-state index in [1.807, 2.05) is 6.07 Å². The van der Waals surface area contributed by atoms with Gasteiger partial charge in [0.2, 0.25) is 0 Å². The Balaban J connectivity index is 2.07. The van der Waals surface area contributed by atoms with Crippen LogP contribution in [0.3, 0.4) is 0 Å². The van der Waals surface area contributed by atoms with Crippen molar-refractivity contribution in [3.8, 4) is 5.75 Å². The number of halogens is 2. The highest BCUT2D eigenvalue weighted by atomic mass is 79.9. The third-order valence-corrected chi connectivity index (χ3v) is 3.73. The quantitative estimate of drug-likeness (QED) is 0.859. The number of thiazole rings is 1. The number of carbonyl (C=O) groups excluding carboxylic acids is 1. The molecule has 18 heavy (non-hydrogen) atoms. The molecule has 1 aromatic carbocycles. The van der Waals surface area contributed by atoms with Crippen LogP contribution in [-0.4, -0.2) is 24.3 Å². The van der Waals surface area contributed by atoms with E-state index in [-0.39, 0.29) is 13.2 Å². The number of primary amides is 1. The van der Waals surface area contributed by atoms with Gasteiger partial charge in [0.15, 0.2) is 3.92 Å². The molecule has 0 unspecified atom stereocenters. The first kappa shape index (κ1) is 13.4. The molecule has 0 radical (unpaired) electrons. The third-order valence-electron chi connectivity index (χ3n) is 1.99. The highest BCUT2D eigenvalue weighted by Gasteiger charge is 2.08. The van der Waals surface area contributed by atoms with E-state index in [0.717, 1.165) is 14.1 Å². The Bertz CT molecular complexity index is 590. The summed E-state index contributed by atoms with van der Waals surface area (Å²) in [6, 6.07) is 3.49. The van der Waals surface area contributed by atoms with E-state index in [9.17, 15) is 4.79 Å². The summed E-state index contributed by atoms with van der Waals surface area (Å²) in [5.41, 5.74) is 5.55. The van der Waals surface area contributed by atoms with Gasteiger partial charge < -0.3 is 15.2 Å². The summed E-state index contributed by atoms with van der Waals surface area (Å²) < 4.78 is 11.6.